The van der Waals surface area contributed by atoms with E-state index in [1.807, 2.05) is 0 Å². The monoisotopic (exact) mass is 390 g/mol. The Morgan fingerprint density at radius 1 is 1.19 bits per heavy atom. The lowest BCUT2D eigenvalue weighted by molar-refractivity contribution is 0.217. The average molecular weight is 391 g/mol. The Morgan fingerprint density at radius 2 is 2.04 bits per heavy atom. The van der Waals surface area contributed by atoms with Gasteiger partial charge in [-0.1, -0.05) is 32.5 Å². The van der Waals surface area contributed by atoms with Crippen molar-refractivity contribution < 1.29 is 8.83 Å². The molecule has 138 valence electrons. The molecular formula is C18H22N4O2S2. The molecule has 0 N–H and O–H groups in total. The second-order valence-corrected chi connectivity index (χ2v) is 9.80. The largest absolute Gasteiger partial charge is 0.425 e. The van der Waals surface area contributed by atoms with Crippen LogP contribution in [0.3, 0.4) is 0 Å². The smallest absolute Gasteiger partial charge is 0.277 e. The molecule has 0 fully saturated rings. The molecule has 1 aliphatic rings. The summed E-state index contributed by atoms with van der Waals surface area (Å²) >= 11 is 3.19. The van der Waals surface area contributed by atoms with Gasteiger partial charge in [-0.25, -0.2) is 0 Å². The number of aromatic nitrogens is 4. The molecule has 6 nitrogen and oxygen atoms in total. The fraction of sp³-hybridized carbons (Fsp3) is 0.556. The highest BCUT2D eigenvalue weighted by molar-refractivity contribution is 7.98. The average Bonchev–Trinajstić information content (AvgIpc) is 3.30. The quantitative estimate of drug-likeness (QED) is 0.584. The Hall–Kier alpha value is -1.67. The minimum absolute atomic E-state index is 0.348. The van der Waals surface area contributed by atoms with Crippen LogP contribution in [0.5, 0.6) is 0 Å². The Morgan fingerprint density at radius 3 is 2.77 bits per heavy atom. The molecule has 8 heteroatoms. The highest BCUT2D eigenvalue weighted by Crippen LogP contribution is 2.42. The zero-order chi connectivity index (χ0) is 18.3. The molecular weight excluding hydrogens is 368 g/mol. The first kappa shape index (κ1) is 17.7. The van der Waals surface area contributed by atoms with E-state index in [0.29, 0.717) is 34.1 Å². The Labute approximate surface area is 160 Å². The summed E-state index contributed by atoms with van der Waals surface area (Å²) in [4.78, 5) is 2.53. The van der Waals surface area contributed by atoms with Crippen LogP contribution in [-0.4, -0.2) is 20.4 Å². The first-order valence-electron chi connectivity index (χ1n) is 8.76. The lowest BCUT2D eigenvalue weighted by Gasteiger charge is -2.33. The van der Waals surface area contributed by atoms with Crippen molar-refractivity contribution in [2.75, 3.05) is 0 Å². The number of thiophene rings is 1. The maximum Gasteiger partial charge on any atom is 0.277 e. The third-order valence-corrected chi connectivity index (χ3v) is 6.84. The van der Waals surface area contributed by atoms with Crippen LogP contribution < -0.4 is 0 Å². The van der Waals surface area contributed by atoms with E-state index in [4.69, 9.17) is 8.83 Å². The summed E-state index contributed by atoms with van der Waals surface area (Å²) in [6.07, 6.45) is 3.54. The lowest BCUT2D eigenvalue weighted by Crippen LogP contribution is -2.26. The van der Waals surface area contributed by atoms with Crippen molar-refractivity contribution in [1.29, 1.82) is 0 Å². The predicted octanol–water partition coefficient (Wildman–Crippen LogP) is 4.93. The van der Waals surface area contributed by atoms with Gasteiger partial charge in [0.25, 0.3) is 11.1 Å². The highest BCUT2D eigenvalue weighted by atomic mass is 32.2. The van der Waals surface area contributed by atoms with E-state index in [9.17, 15) is 0 Å². The van der Waals surface area contributed by atoms with Crippen LogP contribution in [0.25, 0.3) is 10.8 Å². The zero-order valence-electron chi connectivity index (χ0n) is 15.4. The van der Waals surface area contributed by atoms with Crippen LogP contribution in [0.15, 0.2) is 20.1 Å². The van der Waals surface area contributed by atoms with Gasteiger partial charge in [-0.3, -0.25) is 0 Å². The van der Waals surface area contributed by atoms with Crippen LogP contribution in [0, 0.1) is 18.3 Å². The van der Waals surface area contributed by atoms with Crippen molar-refractivity contribution >= 4 is 23.1 Å². The van der Waals surface area contributed by atoms with Gasteiger partial charge < -0.3 is 8.83 Å². The van der Waals surface area contributed by atoms with Crippen LogP contribution in [0.1, 0.15) is 49.4 Å². The first-order valence-corrected chi connectivity index (χ1v) is 10.6. The number of hydrogen-bond donors (Lipinski definition) is 0. The van der Waals surface area contributed by atoms with E-state index in [0.717, 1.165) is 23.6 Å². The van der Waals surface area contributed by atoms with Gasteiger partial charge in [-0.15, -0.1) is 31.7 Å². The van der Waals surface area contributed by atoms with Crippen LogP contribution in [0.2, 0.25) is 0 Å². The van der Waals surface area contributed by atoms with E-state index in [2.05, 4.69) is 47.2 Å². The minimum Gasteiger partial charge on any atom is -0.425 e. The number of fused-ring (bicyclic) bond motifs is 1. The minimum atomic E-state index is 0.348. The summed E-state index contributed by atoms with van der Waals surface area (Å²) in [6.45, 7) is 8.78. The van der Waals surface area contributed by atoms with Gasteiger partial charge in [-0.2, -0.15) is 0 Å². The van der Waals surface area contributed by atoms with Crippen molar-refractivity contribution in [1.82, 2.24) is 20.4 Å². The predicted molar refractivity (Wildman–Crippen MR) is 101 cm³/mol. The van der Waals surface area contributed by atoms with Gasteiger partial charge in [-0.05, 0) is 42.2 Å². The summed E-state index contributed by atoms with van der Waals surface area (Å²) in [5, 5.41) is 16.7. The topological polar surface area (TPSA) is 77.8 Å². The van der Waals surface area contributed by atoms with E-state index in [-0.39, 0.29) is 0 Å². The number of hydrogen-bond acceptors (Lipinski definition) is 8. The zero-order valence-corrected chi connectivity index (χ0v) is 17.0. The third-order valence-electron chi connectivity index (χ3n) is 4.81. The standard InChI is InChI=1S/C18H22N4O2S2/c1-10-19-20-15(23-10)9-25-17-22-21-16(24-17)14-8-11-7-12(18(2,3)4)5-6-13(11)26-14/h8,12H,5-7,9H2,1-4H3. The van der Waals surface area contributed by atoms with E-state index >= 15 is 0 Å². The van der Waals surface area contributed by atoms with Crippen LogP contribution >= 0.6 is 23.1 Å². The molecule has 0 bridgehead atoms. The van der Waals surface area contributed by atoms with Crippen LogP contribution in [-0.2, 0) is 18.6 Å². The molecule has 3 heterocycles. The summed E-state index contributed by atoms with van der Waals surface area (Å²) < 4.78 is 11.2. The molecule has 4 rings (SSSR count). The second-order valence-electron chi connectivity index (χ2n) is 7.74. The normalized spacial score (nSPS) is 17.5. The fourth-order valence-corrected chi connectivity index (χ4v) is 4.98. The number of aryl methyl sites for hydroxylation is 2. The Bertz CT molecular complexity index is 907. The van der Waals surface area contributed by atoms with Crippen molar-refractivity contribution in [3.05, 3.63) is 28.3 Å². The SMILES string of the molecule is Cc1nnc(CSc2nnc(-c3cc4c(s3)CCC(C(C)(C)C)C4)o2)o1. The molecule has 0 saturated heterocycles. The Balaban J connectivity index is 1.46. The van der Waals surface area contributed by atoms with E-state index in [1.165, 1.54) is 28.6 Å². The van der Waals surface area contributed by atoms with Crippen LogP contribution in [0.4, 0.5) is 0 Å². The van der Waals surface area contributed by atoms with E-state index in [1.54, 1.807) is 18.3 Å². The van der Waals surface area contributed by atoms with Gasteiger partial charge in [0.1, 0.15) is 0 Å². The second kappa shape index (κ2) is 6.81. The molecule has 26 heavy (non-hydrogen) atoms. The number of nitrogens with zero attached hydrogens (tertiary/aromatic N) is 4. The molecule has 0 radical (unpaired) electrons. The molecule has 3 aromatic rings. The van der Waals surface area contributed by atoms with Gasteiger partial charge in [0.05, 0.1) is 10.6 Å². The first-order chi connectivity index (χ1) is 12.4. The van der Waals surface area contributed by atoms with Gasteiger partial charge in [0.15, 0.2) is 0 Å². The molecule has 0 spiro atoms. The van der Waals surface area contributed by atoms with Crippen molar-refractivity contribution in [3.8, 4) is 10.8 Å². The summed E-state index contributed by atoms with van der Waals surface area (Å²) in [7, 11) is 0. The third kappa shape index (κ3) is 3.71. The fourth-order valence-electron chi connectivity index (χ4n) is 3.26. The molecule has 0 amide bonds. The van der Waals surface area contributed by atoms with Crippen molar-refractivity contribution in [2.45, 2.75) is 57.9 Å². The molecule has 3 aromatic heterocycles. The summed E-state index contributed by atoms with van der Waals surface area (Å²) in [6, 6.07) is 2.24. The molecule has 1 unspecified atom stereocenters. The molecule has 0 saturated carbocycles. The van der Waals surface area contributed by atoms with Gasteiger partial charge >= 0.3 is 0 Å². The van der Waals surface area contributed by atoms with Crippen molar-refractivity contribution in [3.63, 3.8) is 0 Å². The number of thioether (sulfide) groups is 1. The maximum absolute atomic E-state index is 5.83. The maximum atomic E-state index is 5.83. The number of rotatable bonds is 4. The summed E-state index contributed by atoms with van der Waals surface area (Å²) in [5.74, 6) is 2.97. The molecule has 1 atom stereocenters. The van der Waals surface area contributed by atoms with Gasteiger partial charge in [0, 0.05) is 11.8 Å². The van der Waals surface area contributed by atoms with E-state index < -0.39 is 0 Å². The molecule has 0 aliphatic heterocycles. The highest BCUT2D eigenvalue weighted by Gasteiger charge is 2.30. The van der Waals surface area contributed by atoms with Crippen molar-refractivity contribution in [2.24, 2.45) is 11.3 Å². The van der Waals surface area contributed by atoms with Gasteiger partial charge in [0.2, 0.25) is 11.8 Å². The summed E-state index contributed by atoms with van der Waals surface area (Å²) in [5.41, 5.74) is 1.80. The molecule has 0 aromatic carbocycles. The molecule has 1 aliphatic carbocycles. The lowest BCUT2D eigenvalue weighted by atomic mass is 9.72. The Kier molecular flexibility index (Phi) is 4.64.